The molecule has 0 bridgehead atoms. The summed E-state index contributed by atoms with van der Waals surface area (Å²) in [6.45, 7) is 7.30. The van der Waals surface area contributed by atoms with E-state index in [0.717, 1.165) is 44.9 Å². The van der Waals surface area contributed by atoms with Gasteiger partial charge in [-0.05, 0) is 80.4 Å². The monoisotopic (exact) mass is 406 g/mol. The summed E-state index contributed by atoms with van der Waals surface area (Å²) in [5.74, 6) is -0.827. The highest BCUT2D eigenvalue weighted by molar-refractivity contribution is 5.57. The van der Waals surface area contributed by atoms with Crippen LogP contribution in [-0.4, -0.2) is 27.4 Å². The van der Waals surface area contributed by atoms with Crippen LogP contribution in [0, 0.1) is 5.41 Å². The van der Waals surface area contributed by atoms with Crippen LogP contribution in [0.1, 0.15) is 96.1 Å². The number of unbranched alkanes of at least 4 members (excludes halogenated alkanes) is 4. The van der Waals surface area contributed by atoms with Crippen molar-refractivity contribution in [3.63, 3.8) is 0 Å². The van der Waals surface area contributed by atoms with E-state index in [-0.39, 0.29) is 17.1 Å². The van der Waals surface area contributed by atoms with E-state index in [4.69, 9.17) is 4.74 Å². The molecule has 0 aromatic heterocycles. The van der Waals surface area contributed by atoms with E-state index in [0.29, 0.717) is 35.9 Å². The first-order valence-corrected chi connectivity index (χ1v) is 11.0. The van der Waals surface area contributed by atoms with E-state index in [9.17, 15) is 20.1 Å². The largest absolute Gasteiger partial charge is 0.504 e. The van der Waals surface area contributed by atoms with Gasteiger partial charge in [0.2, 0.25) is 5.75 Å². The smallest absolute Gasteiger partial charge is 0.293 e. The molecule has 29 heavy (non-hydrogen) atoms. The van der Waals surface area contributed by atoms with E-state index < -0.39 is 5.75 Å². The zero-order valence-corrected chi connectivity index (χ0v) is 18.3. The minimum absolute atomic E-state index is 0.197. The van der Waals surface area contributed by atoms with Crippen LogP contribution < -0.4 is 0 Å². The van der Waals surface area contributed by atoms with Crippen LogP contribution in [0.15, 0.2) is 6.07 Å². The fourth-order valence-electron chi connectivity index (χ4n) is 3.90. The Balaban J connectivity index is 1.81. The van der Waals surface area contributed by atoms with E-state index in [1.54, 1.807) is 0 Å². The summed E-state index contributed by atoms with van der Waals surface area (Å²) in [6, 6.07) is 1.83. The number of aromatic hydroxyl groups is 3. The van der Waals surface area contributed by atoms with Gasteiger partial charge in [0, 0.05) is 0 Å². The number of phenolic OH excluding ortho intramolecular Hbond substituents is 3. The molecule has 1 fully saturated rings. The molecule has 3 N–H and O–H groups in total. The van der Waals surface area contributed by atoms with Crippen molar-refractivity contribution in [2.75, 3.05) is 0 Å². The standard InChI is InChI=1S/C24H38O5/c1-23(2,3)12-8-5-4-6-10-18-16-19(21(27)22(28)20(18)26)11-7-9-13-24(14-15-24)29-17-25/h16-17,26-28H,4-15H2,1-3H3. The molecule has 2 rings (SSSR count). The molecule has 1 aromatic rings. The predicted molar refractivity (Wildman–Crippen MR) is 114 cm³/mol. The number of carbonyl (C=O) groups excluding carboxylic acids is 1. The van der Waals surface area contributed by atoms with Gasteiger partial charge in [0.1, 0.15) is 5.60 Å². The highest BCUT2D eigenvalue weighted by Crippen LogP contribution is 2.44. The molecule has 0 heterocycles. The van der Waals surface area contributed by atoms with Gasteiger partial charge in [-0.25, -0.2) is 0 Å². The van der Waals surface area contributed by atoms with Crippen LogP contribution in [0.4, 0.5) is 0 Å². The lowest BCUT2D eigenvalue weighted by Gasteiger charge is -2.17. The third-order valence-electron chi connectivity index (χ3n) is 5.96. The molecule has 164 valence electrons. The van der Waals surface area contributed by atoms with E-state index in [1.807, 2.05) is 6.07 Å². The predicted octanol–water partition coefficient (Wildman–Crippen LogP) is 5.76. The van der Waals surface area contributed by atoms with Crippen molar-refractivity contribution in [1.82, 2.24) is 0 Å². The first-order chi connectivity index (χ1) is 13.7. The van der Waals surface area contributed by atoms with Crippen LogP contribution in [0.2, 0.25) is 0 Å². The Hall–Kier alpha value is -1.91. The highest BCUT2D eigenvalue weighted by Gasteiger charge is 2.44. The Morgan fingerprint density at radius 3 is 1.97 bits per heavy atom. The number of benzene rings is 1. The normalized spacial score (nSPS) is 15.3. The van der Waals surface area contributed by atoms with E-state index in [1.165, 1.54) is 19.3 Å². The van der Waals surface area contributed by atoms with Crippen molar-refractivity contribution >= 4 is 6.47 Å². The van der Waals surface area contributed by atoms with Crippen LogP contribution in [-0.2, 0) is 22.4 Å². The van der Waals surface area contributed by atoms with Crippen molar-refractivity contribution in [3.8, 4) is 17.2 Å². The van der Waals surface area contributed by atoms with Gasteiger partial charge < -0.3 is 20.1 Å². The molecule has 1 aliphatic carbocycles. The summed E-state index contributed by atoms with van der Waals surface area (Å²) in [6.07, 6.45) is 11.3. The second-order valence-corrected chi connectivity index (χ2v) is 9.82. The third kappa shape index (κ3) is 7.45. The average Bonchev–Trinajstić information content (AvgIpc) is 3.41. The lowest BCUT2D eigenvalue weighted by Crippen LogP contribution is -2.12. The number of aryl methyl sites for hydroxylation is 2. The van der Waals surface area contributed by atoms with Crippen molar-refractivity contribution in [2.24, 2.45) is 5.41 Å². The third-order valence-corrected chi connectivity index (χ3v) is 5.96. The molecule has 0 spiro atoms. The number of hydrogen-bond acceptors (Lipinski definition) is 5. The number of ether oxygens (including phenoxy) is 1. The van der Waals surface area contributed by atoms with Crippen LogP contribution in [0.25, 0.3) is 0 Å². The molecule has 0 aliphatic heterocycles. The molecule has 0 atom stereocenters. The Bertz CT molecular complexity index is 671. The van der Waals surface area contributed by atoms with E-state index >= 15 is 0 Å². The molecule has 1 aromatic carbocycles. The molecule has 0 amide bonds. The summed E-state index contributed by atoms with van der Waals surface area (Å²) >= 11 is 0. The summed E-state index contributed by atoms with van der Waals surface area (Å²) in [7, 11) is 0. The number of phenols is 3. The SMILES string of the molecule is CC(C)(C)CCCCCCc1cc(CCCCC2(OC=O)CC2)c(O)c(O)c1O. The fraction of sp³-hybridized carbons (Fsp3) is 0.708. The van der Waals surface area contributed by atoms with Gasteiger partial charge in [-0.3, -0.25) is 4.79 Å². The Morgan fingerprint density at radius 1 is 0.897 bits per heavy atom. The minimum atomic E-state index is -0.409. The fourth-order valence-corrected chi connectivity index (χ4v) is 3.90. The zero-order chi connectivity index (χ0) is 21.5. The van der Waals surface area contributed by atoms with Crippen molar-refractivity contribution in [2.45, 2.75) is 103 Å². The molecule has 1 saturated carbocycles. The Morgan fingerprint density at radius 2 is 1.45 bits per heavy atom. The summed E-state index contributed by atoms with van der Waals surface area (Å²) < 4.78 is 5.16. The lowest BCUT2D eigenvalue weighted by atomic mass is 9.89. The van der Waals surface area contributed by atoms with Crippen molar-refractivity contribution in [3.05, 3.63) is 17.2 Å². The topological polar surface area (TPSA) is 87.0 Å². The maximum atomic E-state index is 10.5. The van der Waals surface area contributed by atoms with Gasteiger partial charge >= 0.3 is 0 Å². The van der Waals surface area contributed by atoms with Gasteiger partial charge in [-0.1, -0.05) is 40.0 Å². The van der Waals surface area contributed by atoms with E-state index in [2.05, 4.69) is 20.8 Å². The molecule has 0 unspecified atom stereocenters. The maximum Gasteiger partial charge on any atom is 0.293 e. The lowest BCUT2D eigenvalue weighted by molar-refractivity contribution is -0.135. The Kier molecular flexibility index (Phi) is 8.23. The van der Waals surface area contributed by atoms with Crippen molar-refractivity contribution < 1.29 is 24.9 Å². The number of carbonyl (C=O) groups is 1. The summed E-state index contributed by atoms with van der Waals surface area (Å²) in [4.78, 5) is 10.5. The highest BCUT2D eigenvalue weighted by atomic mass is 16.5. The molecule has 0 radical (unpaired) electrons. The Labute approximate surface area is 175 Å². The number of hydrogen-bond donors (Lipinski definition) is 3. The minimum Gasteiger partial charge on any atom is -0.504 e. The van der Waals surface area contributed by atoms with Crippen LogP contribution >= 0.6 is 0 Å². The van der Waals surface area contributed by atoms with Gasteiger partial charge in [0.15, 0.2) is 11.5 Å². The van der Waals surface area contributed by atoms with Crippen LogP contribution in [0.3, 0.4) is 0 Å². The van der Waals surface area contributed by atoms with Gasteiger partial charge in [-0.2, -0.15) is 0 Å². The average molecular weight is 407 g/mol. The molecule has 5 heteroatoms. The molecular formula is C24H38O5. The molecule has 1 aliphatic rings. The second-order valence-electron chi connectivity index (χ2n) is 9.82. The summed E-state index contributed by atoms with van der Waals surface area (Å²) in [5.41, 5.74) is 1.49. The quantitative estimate of drug-likeness (QED) is 0.220. The summed E-state index contributed by atoms with van der Waals surface area (Å²) in [5, 5.41) is 30.5. The van der Waals surface area contributed by atoms with Gasteiger partial charge in [0.05, 0.1) is 0 Å². The van der Waals surface area contributed by atoms with Gasteiger partial charge in [-0.15, -0.1) is 0 Å². The zero-order valence-electron chi connectivity index (χ0n) is 18.3. The van der Waals surface area contributed by atoms with Gasteiger partial charge in [0.25, 0.3) is 6.47 Å². The maximum absolute atomic E-state index is 10.5. The number of rotatable bonds is 13. The second kappa shape index (κ2) is 10.2. The van der Waals surface area contributed by atoms with Crippen molar-refractivity contribution in [1.29, 1.82) is 0 Å². The van der Waals surface area contributed by atoms with Crippen LogP contribution in [0.5, 0.6) is 17.2 Å². The molecular weight excluding hydrogens is 368 g/mol. The first kappa shape index (κ1) is 23.4. The molecule has 5 nitrogen and oxygen atoms in total. The first-order valence-electron chi connectivity index (χ1n) is 11.0. The molecule has 0 saturated heterocycles.